The zero-order valence-corrected chi connectivity index (χ0v) is 12.4. The second-order valence-electron chi connectivity index (χ2n) is 7.88. The Labute approximate surface area is 115 Å². The van der Waals surface area contributed by atoms with Crippen molar-refractivity contribution in [2.75, 3.05) is 13.6 Å². The largest absolute Gasteiger partial charge is 0.460 e. The normalized spacial score (nSPS) is 55.7. The Morgan fingerprint density at radius 1 is 1.37 bits per heavy atom. The Kier molecular flexibility index (Phi) is 2.27. The van der Waals surface area contributed by atoms with Gasteiger partial charge in [0.25, 0.3) is 0 Å². The molecule has 0 aromatic heterocycles. The molecule has 2 saturated carbocycles. The molecule has 4 aliphatic rings. The molecule has 2 aliphatic carbocycles. The van der Waals surface area contributed by atoms with Gasteiger partial charge in [-0.3, -0.25) is 9.69 Å². The number of esters is 1. The monoisotopic (exact) mass is 263 g/mol. The van der Waals surface area contributed by atoms with E-state index in [9.17, 15) is 4.79 Å². The number of rotatable bonds is 1. The molecule has 7 atom stereocenters. The highest BCUT2D eigenvalue weighted by Crippen LogP contribution is 2.66. The first-order valence-corrected chi connectivity index (χ1v) is 7.87. The Morgan fingerprint density at radius 3 is 2.79 bits per heavy atom. The van der Waals surface area contributed by atoms with Crippen LogP contribution in [-0.4, -0.2) is 36.6 Å². The van der Waals surface area contributed by atoms with E-state index < -0.39 is 0 Å². The van der Waals surface area contributed by atoms with Crippen molar-refractivity contribution in [1.82, 2.24) is 4.90 Å². The summed E-state index contributed by atoms with van der Waals surface area (Å²) in [5.41, 5.74) is 0.321. The Bertz CT molecular complexity index is 434. The lowest BCUT2D eigenvalue weighted by atomic mass is 9.55. The van der Waals surface area contributed by atoms with Crippen LogP contribution in [0, 0.1) is 35.0 Å². The topological polar surface area (TPSA) is 29.5 Å². The number of hydrogen-bond donors (Lipinski definition) is 0. The quantitative estimate of drug-likeness (QED) is 0.679. The molecule has 6 unspecified atom stereocenters. The third kappa shape index (κ3) is 1.22. The highest BCUT2D eigenvalue weighted by molar-refractivity contribution is 5.77. The van der Waals surface area contributed by atoms with Gasteiger partial charge in [0.05, 0.1) is 12.0 Å². The number of hydrogen-bond acceptors (Lipinski definition) is 3. The van der Waals surface area contributed by atoms with Gasteiger partial charge in [-0.05, 0) is 43.1 Å². The molecule has 0 amide bonds. The summed E-state index contributed by atoms with van der Waals surface area (Å²) in [5, 5.41) is 0. The molecule has 19 heavy (non-hydrogen) atoms. The van der Waals surface area contributed by atoms with Gasteiger partial charge in [-0.15, -0.1) is 0 Å². The zero-order valence-electron chi connectivity index (χ0n) is 12.4. The van der Waals surface area contributed by atoms with Crippen molar-refractivity contribution in [3.8, 4) is 0 Å². The smallest absolute Gasteiger partial charge is 0.310 e. The van der Waals surface area contributed by atoms with Crippen molar-refractivity contribution in [1.29, 1.82) is 0 Å². The fourth-order valence-electron chi connectivity index (χ4n) is 6.32. The third-order valence-electron chi connectivity index (χ3n) is 6.96. The number of nitrogens with zero attached hydrogens (tertiary/aromatic N) is 1. The number of fused-ring (bicyclic) bond motifs is 4. The van der Waals surface area contributed by atoms with Crippen molar-refractivity contribution < 1.29 is 9.53 Å². The van der Waals surface area contributed by atoms with Crippen molar-refractivity contribution in [2.24, 2.45) is 35.0 Å². The lowest BCUT2D eigenvalue weighted by Gasteiger charge is -2.49. The van der Waals surface area contributed by atoms with E-state index in [4.69, 9.17) is 4.74 Å². The molecule has 4 rings (SSSR count). The van der Waals surface area contributed by atoms with Crippen LogP contribution in [0.1, 0.15) is 33.6 Å². The van der Waals surface area contributed by atoms with E-state index in [1.807, 2.05) is 0 Å². The predicted octanol–water partition coefficient (Wildman–Crippen LogP) is 2.16. The Balaban J connectivity index is 1.85. The molecular formula is C16H25NO2. The first-order valence-electron chi connectivity index (χ1n) is 7.87. The van der Waals surface area contributed by atoms with Crippen LogP contribution in [0.2, 0.25) is 0 Å². The zero-order chi connectivity index (χ0) is 13.5. The molecule has 3 nitrogen and oxygen atoms in total. The van der Waals surface area contributed by atoms with Crippen molar-refractivity contribution >= 4 is 5.97 Å². The van der Waals surface area contributed by atoms with Gasteiger partial charge in [0.2, 0.25) is 0 Å². The fraction of sp³-hybridized carbons (Fsp3) is 0.938. The minimum atomic E-state index is 0.110. The highest BCUT2D eigenvalue weighted by atomic mass is 16.6. The van der Waals surface area contributed by atoms with Gasteiger partial charge in [-0.25, -0.2) is 0 Å². The van der Waals surface area contributed by atoms with E-state index in [0.717, 1.165) is 5.92 Å². The molecule has 0 aromatic carbocycles. The molecular weight excluding hydrogens is 238 g/mol. The standard InChI is InChI=1S/C16H25NO2/c1-8(2)11-12-10-6-5-9-7-17(4)14(16(9,10)3)13(11)19-15(12)18/h8-14H,5-7H2,1-4H3/t9?,10?,11?,12?,13?,14?,16-/m0/s1. The number of likely N-dealkylation sites (tertiary alicyclic amines) is 1. The van der Waals surface area contributed by atoms with Gasteiger partial charge in [-0.2, -0.15) is 0 Å². The van der Waals surface area contributed by atoms with Gasteiger partial charge >= 0.3 is 5.97 Å². The van der Waals surface area contributed by atoms with Crippen molar-refractivity contribution in [3.63, 3.8) is 0 Å². The summed E-state index contributed by atoms with van der Waals surface area (Å²) in [5.74, 6) is 2.61. The maximum atomic E-state index is 12.4. The van der Waals surface area contributed by atoms with Crippen LogP contribution in [0.3, 0.4) is 0 Å². The predicted molar refractivity (Wildman–Crippen MR) is 72.4 cm³/mol. The van der Waals surface area contributed by atoms with Gasteiger partial charge in [0.15, 0.2) is 0 Å². The molecule has 2 aliphatic heterocycles. The lowest BCUT2D eigenvalue weighted by Crippen LogP contribution is -2.57. The first kappa shape index (κ1) is 12.2. The average molecular weight is 263 g/mol. The summed E-state index contributed by atoms with van der Waals surface area (Å²) in [4.78, 5) is 14.9. The summed E-state index contributed by atoms with van der Waals surface area (Å²) in [6, 6.07) is 0.458. The minimum Gasteiger partial charge on any atom is -0.460 e. The van der Waals surface area contributed by atoms with E-state index in [2.05, 4.69) is 32.7 Å². The van der Waals surface area contributed by atoms with Crippen LogP contribution in [-0.2, 0) is 9.53 Å². The summed E-state index contributed by atoms with van der Waals surface area (Å²) in [6.45, 7) is 8.17. The lowest BCUT2D eigenvalue weighted by molar-refractivity contribution is -0.145. The molecule has 2 bridgehead atoms. The second kappa shape index (κ2) is 3.55. The van der Waals surface area contributed by atoms with Crippen LogP contribution < -0.4 is 0 Å². The molecule has 0 N–H and O–H groups in total. The molecule has 2 saturated heterocycles. The van der Waals surface area contributed by atoms with Crippen LogP contribution in [0.25, 0.3) is 0 Å². The second-order valence-corrected chi connectivity index (χ2v) is 7.88. The fourth-order valence-corrected chi connectivity index (χ4v) is 6.32. The van der Waals surface area contributed by atoms with Gasteiger partial charge in [-0.1, -0.05) is 20.8 Å². The van der Waals surface area contributed by atoms with E-state index in [1.165, 1.54) is 19.4 Å². The summed E-state index contributed by atoms with van der Waals surface area (Å²) in [6.07, 6.45) is 2.69. The van der Waals surface area contributed by atoms with Crippen LogP contribution in [0.5, 0.6) is 0 Å². The van der Waals surface area contributed by atoms with Crippen molar-refractivity contribution in [3.05, 3.63) is 0 Å². The van der Waals surface area contributed by atoms with Crippen LogP contribution in [0.15, 0.2) is 0 Å². The van der Waals surface area contributed by atoms with E-state index in [0.29, 0.717) is 29.2 Å². The maximum absolute atomic E-state index is 12.4. The number of carbonyl (C=O) groups is 1. The Morgan fingerprint density at radius 2 is 2.11 bits per heavy atom. The average Bonchev–Trinajstić information content (AvgIpc) is 2.86. The van der Waals surface area contributed by atoms with Gasteiger partial charge in [0, 0.05) is 12.5 Å². The molecule has 2 heterocycles. The van der Waals surface area contributed by atoms with Crippen LogP contribution >= 0.6 is 0 Å². The molecule has 0 aromatic rings. The number of carbonyl (C=O) groups excluding carboxylic acids is 1. The third-order valence-corrected chi connectivity index (χ3v) is 6.96. The van der Waals surface area contributed by atoms with E-state index in [1.54, 1.807) is 0 Å². The van der Waals surface area contributed by atoms with E-state index in [-0.39, 0.29) is 18.0 Å². The SMILES string of the molecule is CC(C)C1C2OC(=O)C1C1CCC3CN(C)C2[C@@]31C. The molecule has 0 radical (unpaired) electrons. The molecule has 3 heteroatoms. The molecule has 4 fully saturated rings. The highest BCUT2D eigenvalue weighted by Gasteiger charge is 2.71. The van der Waals surface area contributed by atoms with Crippen molar-refractivity contribution in [2.45, 2.75) is 45.8 Å². The number of ether oxygens (including phenoxy) is 1. The summed E-state index contributed by atoms with van der Waals surface area (Å²) in [7, 11) is 2.23. The maximum Gasteiger partial charge on any atom is 0.310 e. The molecule has 106 valence electrons. The number of likely N-dealkylation sites (N-methyl/N-ethyl adjacent to an activating group) is 1. The van der Waals surface area contributed by atoms with E-state index >= 15 is 0 Å². The summed E-state index contributed by atoms with van der Waals surface area (Å²) >= 11 is 0. The Hall–Kier alpha value is -0.570. The molecule has 0 spiro atoms. The minimum absolute atomic E-state index is 0.110. The van der Waals surface area contributed by atoms with Gasteiger partial charge in [0.1, 0.15) is 6.10 Å². The van der Waals surface area contributed by atoms with Gasteiger partial charge < -0.3 is 4.74 Å². The first-order chi connectivity index (χ1) is 8.96. The van der Waals surface area contributed by atoms with Crippen LogP contribution in [0.4, 0.5) is 0 Å². The summed E-state index contributed by atoms with van der Waals surface area (Å²) < 4.78 is 5.88.